The van der Waals surface area contributed by atoms with Gasteiger partial charge in [0, 0.05) is 17.7 Å². The van der Waals surface area contributed by atoms with E-state index in [1.54, 1.807) is 0 Å². The van der Waals surface area contributed by atoms with Gasteiger partial charge in [0.15, 0.2) is 0 Å². The largest absolute Gasteiger partial charge is 0.384 e. The molecular formula is C12H11NO3S. The fourth-order valence-electron chi connectivity index (χ4n) is 1.61. The molecule has 0 atom stereocenters. The summed E-state index contributed by atoms with van der Waals surface area (Å²) in [5, 5.41) is 8.57. The molecule has 1 aromatic heterocycles. The van der Waals surface area contributed by atoms with E-state index in [9.17, 15) is 9.59 Å². The Hall–Kier alpha value is -1.64. The van der Waals surface area contributed by atoms with E-state index in [4.69, 9.17) is 5.11 Å². The predicted octanol–water partition coefficient (Wildman–Crippen LogP) is 0.741. The van der Waals surface area contributed by atoms with Gasteiger partial charge in [-0.3, -0.25) is 14.5 Å². The van der Waals surface area contributed by atoms with Crippen LogP contribution in [0.4, 0.5) is 0 Å². The van der Waals surface area contributed by atoms with Gasteiger partial charge in [0.1, 0.15) is 6.61 Å². The summed E-state index contributed by atoms with van der Waals surface area (Å²) in [5.41, 5.74) is 0. The summed E-state index contributed by atoms with van der Waals surface area (Å²) in [5.74, 6) is 5.14. The average molecular weight is 249 g/mol. The number of carbonyl (C=O) groups excluding carboxylic acids is 2. The number of likely N-dealkylation sites (tertiary alicyclic amines) is 1. The second-order valence-electron chi connectivity index (χ2n) is 3.60. The number of imide groups is 1. The number of aliphatic hydroxyl groups excluding tert-OH is 1. The van der Waals surface area contributed by atoms with E-state index in [-0.39, 0.29) is 18.4 Å². The predicted molar refractivity (Wildman–Crippen MR) is 63.1 cm³/mol. The van der Waals surface area contributed by atoms with Gasteiger partial charge >= 0.3 is 0 Å². The van der Waals surface area contributed by atoms with E-state index in [2.05, 4.69) is 11.8 Å². The molecule has 0 spiro atoms. The van der Waals surface area contributed by atoms with Crippen LogP contribution in [0.2, 0.25) is 0 Å². The van der Waals surface area contributed by atoms with Crippen LogP contribution in [0, 0.1) is 11.8 Å². The van der Waals surface area contributed by atoms with E-state index in [0.29, 0.717) is 19.4 Å². The molecule has 1 aromatic rings. The molecular weight excluding hydrogens is 238 g/mol. The summed E-state index contributed by atoms with van der Waals surface area (Å²) in [7, 11) is 0. The molecule has 2 rings (SSSR count). The summed E-state index contributed by atoms with van der Waals surface area (Å²) in [6.07, 6.45) is 0.642. The molecule has 4 nitrogen and oxygen atoms in total. The lowest BCUT2D eigenvalue weighted by Crippen LogP contribution is -2.27. The molecule has 2 heterocycles. The second kappa shape index (κ2) is 5.13. The van der Waals surface area contributed by atoms with Gasteiger partial charge in [-0.2, -0.15) is 0 Å². The standard InChI is InChI=1S/C12H11NO3S/c14-7-1-2-9-3-4-10(17-9)8-13-11(15)5-6-12(13)16/h3-4,14H,5-8H2. The number of nitrogens with zero attached hydrogens (tertiary/aromatic N) is 1. The summed E-state index contributed by atoms with van der Waals surface area (Å²) < 4.78 is 0. The highest BCUT2D eigenvalue weighted by Gasteiger charge is 2.28. The van der Waals surface area contributed by atoms with Crippen molar-refractivity contribution in [2.45, 2.75) is 19.4 Å². The second-order valence-corrected chi connectivity index (χ2v) is 4.77. The zero-order valence-corrected chi connectivity index (χ0v) is 9.92. The Bertz CT molecular complexity index is 493. The first kappa shape index (κ1) is 11.8. The van der Waals surface area contributed by atoms with Gasteiger partial charge in [-0.25, -0.2) is 0 Å². The number of amides is 2. The molecule has 88 valence electrons. The Kier molecular flexibility index (Phi) is 3.57. The van der Waals surface area contributed by atoms with E-state index < -0.39 is 0 Å². The molecule has 0 unspecified atom stereocenters. The molecule has 1 fully saturated rings. The Morgan fingerprint density at radius 1 is 1.29 bits per heavy atom. The molecule has 17 heavy (non-hydrogen) atoms. The normalized spacial score (nSPS) is 15.0. The van der Waals surface area contributed by atoms with Crippen molar-refractivity contribution in [1.29, 1.82) is 0 Å². The molecule has 0 bridgehead atoms. The molecule has 1 aliphatic rings. The maximum absolute atomic E-state index is 11.4. The minimum Gasteiger partial charge on any atom is -0.384 e. The van der Waals surface area contributed by atoms with Crippen molar-refractivity contribution in [1.82, 2.24) is 4.90 Å². The lowest BCUT2D eigenvalue weighted by atomic mass is 10.4. The fourth-order valence-corrected chi connectivity index (χ4v) is 2.48. The highest BCUT2D eigenvalue weighted by molar-refractivity contribution is 7.12. The monoisotopic (exact) mass is 249 g/mol. The van der Waals surface area contributed by atoms with Crippen LogP contribution in [0.3, 0.4) is 0 Å². The molecule has 0 saturated carbocycles. The van der Waals surface area contributed by atoms with Gasteiger partial charge in [0.25, 0.3) is 0 Å². The zero-order valence-electron chi connectivity index (χ0n) is 9.10. The van der Waals surface area contributed by atoms with Crippen LogP contribution in [0.15, 0.2) is 12.1 Å². The number of hydrogen-bond acceptors (Lipinski definition) is 4. The van der Waals surface area contributed by atoms with E-state index >= 15 is 0 Å². The van der Waals surface area contributed by atoms with Crippen LogP contribution in [0.1, 0.15) is 22.6 Å². The van der Waals surface area contributed by atoms with E-state index in [1.807, 2.05) is 12.1 Å². The highest BCUT2D eigenvalue weighted by atomic mass is 32.1. The van der Waals surface area contributed by atoms with Gasteiger partial charge in [0.2, 0.25) is 11.8 Å². The minimum absolute atomic E-state index is 0.105. The van der Waals surface area contributed by atoms with E-state index in [0.717, 1.165) is 9.75 Å². The first-order valence-electron chi connectivity index (χ1n) is 5.22. The van der Waals surface area contributed by atoms with Gasteiger partial charge in [-0.05, 0) is 12.1 Å². The lowest BCUT2D eigenvalue weighted by molar-refractivity contribution is -0.138. The van der Waals surface area contributed by atoms with Crippen molar-refractivity contribution in [3.05, 3.63) is 21.9 Å². The summed E-state index contributed by atoms with van der Waals surface area (Å²) in [4.78, 5) is 25.9. The number of rotatable bonds is 2. The molecule has 1 aliphatic heterocycles. The Morgan fingerprint density at radius 2 is 2.00 bits per heavy atom. The maximum Gasteiger partial charge on any atom is 0.230 e. The molecule has 1 saturated heterocycles. The third kappa shape index (κ3) is 2.73. The number of hydrogen-bond donors (Lipinski definition) is 1. The molecule has 5 heteroatoms. The first-order chi connectivity index (χ1) is 8.20. The smallest absolute Gasteiger partial charge is 0.230 e. The fraction of sp³-hybridized carbons (Fsp3) is 0.333. The van der Waals surface area contributed by atoms with Crippen LogP contribution in [0.25, 0.3) is 0 Å². The molecule has 0 radical (unpaired) electrons. The van der Waals surface area contributed by atoms with Gasteiger partial charge in [-0.15, -0.1) is 11.3 Å². The van der Waals surface area contributed by atoms with Crippen LogP contribution in [-0.2, 0) is 16.1 Å². The zero-order chi connectivity index (χ0) is 12.3. The topological polar surface area (TPSA) is 57.6 Å². The van der Waals surface area contributed by atoms with Crippen molar-refractivity contribution in [2.75, 3.05) is 6.61 Å². The van der Waals surface area contributed by atoms with Gasteiger partial charge < -0.3 is 5.11 Å². The van der Waals surface area contributed by atoms with E-state index in [1.165, 1.54) is 16.2 Å². The van der Waals surface area contributed by atoms with Crippen LogP contribution < -0.4 is 0 Å². The van der Waals surface area contributed by atoms with Gasteiger partial charge in [0.05, 0.1) is 11.4 Å². The van der Waals surface area contributed by atoms with Crippen molar-refractivity contribution < 1.29 is 14.7 Å². The first-order valence-corrected chi connectivity index (χ1v) is 6.04. The van der Waals surface area contributed by atoms with Crippen LogP contribution >= 0.6 is 11.3 Å². The Balaban J connectivity index is 2.06. The minimum atomic E-state index is -0.170. The summed E-state index contributed by atoms with van der Waals surface area (Å²) in [6.45, 7) is 0.166. The SMILES string of the molecule is O=C1CCC(=O)N1Cc1ccc(C#CCO)s1. The molecule has 0 aliphatic carbocycles. The molecule has 1 N–H and O–H groups in total. The van der Waals surface area contributed by atoms with Crippen LogP contribution in [-0.4, -0.2) is 28.4 Å². The van der Waals surface area contributed by atoms with Crippen LogP contribution in [0.5, 0.6) is 0 Å². The van der Waals surface area contributed by atoms with Crippen molar-refractivity contribution in [2.24, 2.45) is 0 Å². The van der Waals surface area contributed by atoms with Gasteiger partial charge in [-0.1, -0.05) is 11.8 Å². The highest BCUT2D eigenvalue weighted by Crippen LogP contribution is 2.21. The number of aliphatic hydroxyl groups is 1. The average Bonchev–Trinajstić information content (AvgIpc) is 2.88. The molecule has 0 aromatic carbocycles. The summed E-state index contributed by atoms with van der Waals surface area (Å²) >= 11 is 1.43. The number of carbonyl (C=O) groups is 2. The van der Waals surface area contributed by atoms with Crippen molar-refractivity contribution >= 4 is 23.2 Å². The lowest BCUT2D eigenvalue weighted by Gasteiger charge is -2.11. The maximum atomic E-state index is 11.4. The quantitative estimate of drug-likeness (QED) is 0.621. The Labute approximate surface area is 103 Å². The van der Waals surface area contributed by atoms with Crippen molar-refractivity contribution in [3.8, 4) is 11.8 Å². The third-order valence-corrected chi connectivity index (χ3v) is 3.41. The number of thiophene rings is 1. The third-order valence-electron chi connectivity index (χ3n) is 2.42. The Morgan fingerprint density at radius 3 is 2.65 bits per heavy atom. The van der Waals surface area contributed by atoms with Crippen molar-refractivity contribution in [3.63, 3.8) is 0 Å². The molecule has 2 amide bonds. The summed E-state index contributed by atoms with van der Waals surface area (Å²) in [6, 6.07) is 3.68.